The predicted octanol–water partition coefficient (Wildman–Crippen LogP) is 3.85. The summed E-state index contributed by atoms with van der Waals surface area (Å²) in [7, 11) is 0. The summed E-state index contributed by atoms with van der Waals surface area (Å²) in [6.07, 6.45) is 0. The highest BCUT2D eigenvalue weighted by Gasteiger charge is 2.22. The molecule has 0 bridgehead atoms. The number of hydrogen-bond donors (Lipinski definition) is 1. The van der Waals surface area contributed by atoms with Gasteiger partial charge >= 0.3 is 0 Å². The lowest BCUT2D eigenvalue weighted by Crippen LogP contribution is -2.19. The van der Waals surface area contributed by atoms with Crippen LogP contribution in [0.4, 0.5) is 11.4 Å². The van der Waals surface area contributed by atoms with Crippen molar-refractivity contribution < 1.29 is 24.0 Å². The number of nitrogens with zero attached hydrogens (tertiary/aromatic N) is 1. The van der Waals surface area contributed by atoms with E-state index < -0.39 is 10.8 Å². The summed E-state index contributed by atoms with van der Waals surface area (Å²) in [5.74, 6) is 0.0500. The molecule has 4 rings (SSSR count). The standard InChI is InChI=1S/C22H16N2O6/c25-21(14-4-2-1-3-5-14)17-12-19-20(30-11-10-29-19)13-18(17)23-22(26)15-6-8-16(9-7-15)24(27)28/h1-9,12-13H,10-11H2,(H,23,26). The van der Waals surface area contributed by atoms with Crippen molar-refractivity contribution in [2.45, 2.75) is 0 Å². The minimum atomic E-state index is -0.543. The molecule has 0 unspecified atom stereocenters. The second-order valence-corrected chi connectivity index (χ2v) is 6.49. The van der Waals surface area contributed by atoms with E-state index >= 15 is 0 Å². The molecule has 8 nitrogen and oxygen atoms in total. The summed E-state index contributed by atoms with van der Waals surface area (Å²) >= 11 is 0. The number of rotatable bonds is 5. The number of ketones is 1. The van der Waals surface area contributed by atoms with E-state index in [-0.39, 0.29) is 28.3 Å². The molecule has 0 aliphatic carbocycles. The Morgan fingerprint density at radius 1 is 0.867 bits per heavy atom. The molecule has 0 aromatic heterocycles. The quantitative estimate of drug-likeness (QED) is 0.393. The topological polar surface area (TPSA) is 108 Å². The lowest BCUT2D eigenvalue weighted by atomic mass is 10.0. The molecule has 0 spiro atoms. The first-order valence-electron chi connectivity index (χ1n) is 9.12. The fourth-order valence-electron chi connectivity index (χ4n) is 3.05. The van der Waals surface area contributed by atoms with E-state index in [0.717, 1.165) is 0 Å². The zero-order valence-electron chi connectivity index (χ0n) is 15.7. The molecule has 0 saturated carbocycles. The van der Waals surface area contributed by atoms with Crippen molar-refractivity contribution in [3.8, 4) is 11.5 Å². The summed E-state index contributed by atoms with van der Waals surface area (Å²) in [6.45, 7) is 0.717. The number of nitrogens with one attached hydrogen (secondary N) is 1. The average molecular weight is 404 g/mol. The normalized spacial score (nSPS) is 12.1. The Hall–Kier alpha value is -4.20. The summed E-state index contributed by atoms with van der Waals surface area (Å²) in [4.78, 5) is 36.0. The van der Waals surface area contributed by atoms with Gasteiger partial charge in [-0.3, -0.25) is 19.7 Å². The van der Waals surface area contributed by atoms with Crippen LogP contribution < -0.4 is 14.8 Å². The van der Waals surface area contributed by atoms with Gasteiger partial charge in [-0.1, -0.05) is 30.3 Å². The molecule has 150 valence electrons. The van der Waals surface area contributed by atoms with E-state index in [2.05, 4.69) is 5.32 Å². The van der Waals surface area contributed by atoms with Crippen LogP contribution in [0, 0.1) is 10.1 Å². The van der Waals surface area contributed by atoms with Crippen LogP contribution in [0.3, 0.4) is 0 Å². The highest BCUT2D eigenvalue weighted by atomic mass is 16.6. The van der Waals surface area contributed by atoms with Crippen LogP contribution in [-0.4, -0.2) is 29.8 Å². The van der Waals surface area contributed by atoms with Crippen LogP contribution >= 0.6 is 0 Å². The Morgan fingerprint density at radius 2 is 1.50 bits per heavy atom. The summed E-state index contributed by atoms with van der Waals surface area (Å²) in [5.41, 5.74) is 1.07. The number of ether oxygens (including phenoxy) is 2. The highest BCUT2D eigenvalue weighted by molar-refractivity contribution is 6.15. The van der Waals surface area contributed by atoms with Gasteiger partial charge in [-0.2, -0.15) is 0 Å². The minimum Gasteiger partial charge on any atom is -0.486 e. The van der Waals surface area contributed by atoms with Crippen LogP contribution in [0.15, 0.2) is 66.7 Å². The van der Waals surface area contributed by atoms with Gasteiger partial charge in [-0.15, -0.1) is 0 Å². The van der Waals surface area contributed by atoms with E-state index in [0.29, 0.717) is 30.3 Å². The van der Waals surface area contributed by atoms with Crippen molar-refractivity contribution in [3.05, 3.63) is 93.5 Å². The Morgan fingerprint density at radius 3 is 2.13 bits per heavy atom. The van der Waals surface area contributed by atoms with Crippen molar-refractivity contribution in [2.75, 3.05) is 18.5 Å². The lowest BCUT2D eigenvalue weighted by molar-refractivity contribution is -0.384. The van der Waals surface area contributed by atoms with Gasteiger partial charge in [0, 0.05) is 29.3 Å². The van der Waals surface area contributed by atoms with Crippen molar-refractivity contribution in [2.24, 2.45) is 0 Å². The van der Waals surface area contributed by atoms with Gasteiger partial charge in [-0.25, -0.2) is 0 Å². The number of non-ortho nitro benzene ring substituents is 1. The Labute approximate surface area is 171 Å². The van der Waals surface area contributed by atoms with Crippen molar-refractivity contribution >= 4 is 23.1 Å². The molecular weight excluding hydrogens is 388 g/mol. The minimum absolute atomic E-state index is 0.120. The van der Waals surface area contributed by atoms with Crippen molar-refractivity contribution in [1.29, 1.82) is 0 Å². The molecule has 1 aliphatic rings. The molecule has 0 saturated heterocycles. The maximum absolute atomic E-state index is 13.1. The number of carbonyl (C=O) groups excluding carboxylic acids is 2. The third-order valence-corrected chi connectivity index (χ3v) is 4.55. The van der Waals surface area contributed by atoms with E-state index in [1.54, 1.807) is 42.5 Å². The number of hydrogen-bond acceptors (Lipinski definition) is 6. The van der Waals surface area contributed by atoms with Crippen molar-refractivity contribution in [1.82, 2.24) is 0 Å². The van der Waals surface area contributed by atoms with Crippen LogP contribution in [-0.2, 0) is 0 Å². The molecule has 0 atom stereocenters. The zero-order chi connectivity index (χ0) is 21.1. The highest BCUT2D eigenvalue weighted by Crippen LogP contribution is 2.36. The molecule has 8 heteroatoms. The van der Waals surface area contributed by atoms with Gasteiger partial charge in [-0.05, 0) is 18.2 Å². The van der Waals surface area contributed by atoms with Crippen LogP contribution in [0.25, 0.3) is 0 Å². The van der Waals surface area contributed by atoms with Crippen LogP contribution in [0.2, 0.25) is 0 Å². The number of anilines is 1. The Bertz CT molecular complexity index is 1130. The first-order valence-corrected chi connectivity index (χ1v) is 9.12. The Balaban J connectivity index is 1.69. The van der Waals surface area contributed by atoms with Gasteiger partial charge in [0.1, 0.15) is 13.2 Å². The van der Waals surface area contributed by atoms with E-state index in [1.807, 2.05) is 0 Å². The van der Waals surface area contributed by atoms with E-state index in [1.165, 1.54) is 24.3 Å². The van der Waals surface area contributed by atoms with Gasteiger partial charge in [0.15, 0.2) is 17.3 Å². The van der Waals surface area contributed by atoms with Gasteiger partial charge in [0.05, 0.1) is 16.2 Å². The van der Waals surface area contributed by atoms with Gasteiger partial charge in [0.25, 0.3) is 11.6 Å². The van der Waals surface area contributed by atoms with Gasteiger partial charge in [0.2, 0.25) is 0 Å². The fourth-order valence-corrected chi connectivity index (χ4v) is 3.05. The monoisotopic (exact) mass is 404 g/mol. The molecule has 1 N–H and O–H groups in total. The summed E-state index contributed by atoms with van der Waals surface area (Å²) in [5, 5.41) is 13.5. The number of fused-ring (bicyclic) bond motifs is 1. The molecule has 3 aromatic carbocycles. The fraction of sp³-hybridized carbons (Fsp3) is 0.0909. The van der Waals surface area contributed by atoms with E-state index in [4.69, 9.17) is 9.47 Å². The third-order valence-electron chi connectivity index (χ3n) is 4.55. The van der Waals surface area contributed by atoms with Crippen molar-refractivity contribution in [3.63, 3.8) is 0 Å². The molecule has 0 radical (unpaired) electrons. The lowest BCUT2D eigenvalue weighted by Gasteiger charge is -2.21. The second kappa shape index (κ2) is 8.04. The number of nitro groups is 1. The number of carbonyl (C=O) groups is 2. The molecule has 0 fully saturated rings. The number of benzene rings is 3. The molecular formula is C22H16N2O6. The SMILES string of the molecule is O=C(Nc1cc2c(cc1C(=O)c1ccccc1)OCCO2)c1ccc([N+](=O)[O-])cc1. The summed E-state index contributed by atoms with van der Waals surface area (Å²) < 4.78 is 11.1. The van der Waals surface area contributed by atoms with Crippen LogP contribution in [0.1, 0.15) is 26.3 Å². The molecule has 3 aromatic rings. The predicted molar refractivity (Wildman–Crippen MR) is 108 cm³/mol. The molecule has 1 heterocycles. The maximum Gasteiger partial charge on any atom is 0.269 e. The summed E-state index contributed by atoms with van der Waals surface area (Å²) in [6, 6.07) is 17.0. The molecule has 1 amide bonds. The molecule has 1 aliphatic heterocycles. The average Bonchev–Trinajstić information content (AvgIpc) is 2.78. The zero-order valence-corrected chi connectivity index (χ0v) is 15.7. The first-order chi connectivity index (χ1) is 14.5. The second-order valence-electron chi connectivity index (χ2n) is 6.49. The number of amides is 1. The first kappa shape index (κ1) is 19.1. The maximum atomic E-state index is 13.1. The van der Waals surface area contributed by atoms with E-state index in [9.17, 15) is 19.7 Å². The smallest absolute Gasteiger partial charge is 0.269 e. The van der Waals surface area contributed by atoms with Gasteiger partial charge < -0.3 is 14.8 Å². The number of nitro benzene ring substituents is 1. The molecule has 30 heavy (non-hydrogen) atoms. The Kier molecular flexibility index (Phi) is 5.13. The van der Waals surface area contributed by atoms with Crippen LogP contribution in [0.5, 0.6) is 11.5 Å². The third kappa shape index (κ3) is 3.83. The largest absolute Gasteiger partial charge is 0.486 e.